The van der Waals surface area contributed by atoms with Crippen molar-refractivity contribution in [2.45, 2.75) is 26.2 Å². The maximum Gasteiger partial charge on any atom is 0.276 e. The van der Waals surface area contributed by atoms with Gasteiger partial charge in [0.25, 0.3) is 17.5 Å². The van der Waals surface area contributed by atoms with Gasteiger partial charge in [0.05, 0.1) is 4.92 Å². The second-order valence-corrected chi connectivity index (χ2v) is 8.23. The third kappa shape index (κ3) is 7.03. The van der Waals surface area contributed by atoms with Crippen molar-refractivity contribution in [1.82, 2.24) is 10.9 Å². The summed E-state index contributed by atoms with van der Waals surface area (Å²) >= 11 is 3.43. The van der Waals surface area contributed by atoms with Gasteiger partial charge in [0.2, 0.25) is 0 Å². The molecule has 160 valence electrons. The van der Waals surface area contributed by atoms with Crippen molar-refractivity contribution in [1.29, 1.82) is 0 Å². The van der Waals surface area contributed by atoms with Crippen LogP contribution in [0.25, 0.3) is 0 Å². The molecule has 2 amide bonds. The molecule has 0 bridgehead atoms. The van der Waals surface area contributed by atoms with Crippen molar-refractivity contribution in [3.63, 3.8) is 0 Å². The lowest BCUT2D eigenvalue weighted by Gasteiger charge is -2.23. The van der Waals surface area contributed by atoms with E-state index in [0.717, 1.165) is 10.0 Å². The molecule has 0 aliphatic heterocycles. The number of nitrogens with one attached hydrogen (secondary N) is 2. The molecular formula is C20H22BrN3O6. The number of rotatable bonds is 7. The van der Waals surface area contributed by atoms with Crippen molar-refractivity contribution in [2.75, 3.05) is 13.2 Å². The topological polar surface area (TPSA) is 120 Å². The predicted molar refractivity (Wildman–Crippen MR) is 113 cm³/mol. The number of nitrogens with zero attached hydrogens (tertiary/aromatic N) is 1. The zero-order valence-electron chi connectivity index (χ0n) is 16.7. The molecule has 0 atom stereocenters. The Kier molecular flexibility index (Phi) is 7.76. The molecule has 2 N–H and O–H groups in total. The Bertz CT molecular complexity index is 925. The summed E-state index contributed by atoms with van der Waals surface area (Å²) in [6, 6.07) is 10.8. The molecule has 0 unspecified atom stereocenters. The van der Waals surface area contributed by atoms with E-state index in [9.17, 15) is 19.7 Å². The van der Waals surface area contributed by atoms with Gasteiger partial charge in [0, 0.05) is 22.2 Å². The first-order chi connectivity index (χ1) is 14.1. The molecule has 0 fully saturated rings. The second-order valence-electron chi connectivity index (χ2n) is 7.32. The van der Waals surface area contributed by atoms with Crippen LogP contribution in [-0.4, -0.2) is 30.0 Å². The van der Waals surface area contributed by atoms with Crippen LogP contribution in [0.5, 0.6) is 11.5 Å². The van der Waals surface area contributed by atoms with Gasteiger partial charge in [0.15, 0.2) is 13.2 Å². The predicted octanol–water partition coefficient (Wildman–Crippen LogP) is 3.26. The average Bonchev–Trinajstić information content (AvgIpc) is 2.69. The molecule has 0 saturated carbocycles. The van der Waals surface area contributed by atoms with E-state index in [1.807, 2.05) is 32.9 Å². The van der Waals surface area contributed by atoms with Crippen molar-refractivity contribution < 1.29 is 24.0 Å². The number of hydrogen-bond donors (Lipinski definition) is 2. The normalized spacial score (nSPS) is 10.8. The Morgan fingerprint density at radius 1 is 1.00 bits per heavy atom. The zero-order chi connectivity index (χ0) is 22.3. The van der Waals surface area contributed by atoms with Gasteiger partial charge in [-0.15, -0.1) is 0 Å². The number of benzene rings is 2. The van der Waals surface area contributed by atoms with Gasteiger partial charge >= 0.3 is 0 Å². The molecule has 9 nitrogen and oxygen atoms in total. The van der Waals surface area contributed by atoms with E-state index >= 15 is 0 Å². The summed E-state index contributed by atoms with van der Waals surface area (Å²) in [5.41, 5.74) is 5.12. The van der Waals surface area contributed by atoms with Crippen LogP contribution < -0.4 is 20.3 Å². The number of halogens is 1. The number of carbonyl (C=O) groups is 2. The Balaban J connectivity index is 1.78. The molecule has 2 aromatic carbocycles. The molecule has 0 saturated heterocycles. The lowest BCUT2D eigenvalue weighted by atomic mass is 9.86. The number of ether oxygens (including phenoxy) is 2. The van der Waals surface area contributed by atoms with Gasteiger partial charge in [-0.2, -0.15) is 0 Å². The summed E-state index contributed by atoms with van der Waals surface area (Å²) in [7, 11) is 0. The van der Waals surface area contributed by atoms with Crippen LogP contribution in [0.1, 0.15) is 26.3 Å². The zero-order valence-corrected chi connectivity index (χ0v) is 18.3. The van der Waals surface area contributed by atoms with Crippen LogP contribution in [-0.2, 0) is 15.0 Å². The molecule has 30 heavy (non-hydrogen) atoms. The van der Waals surface area contributed by atoms with Crippen LogP contribution in [0, 0.1) is 10.1 Å². The number of nitro benzene ring substituents is 1. The fourth-order valence-corrected chi connectivity index (χ4v) is 2.74. The molecule has 10 heteroatoms. The van der Waals surface area contributed by atoms with E-state index in [1.54, 1.807) is 6.07 Å². The lowest BCUT2D eigenvalue weighted by molar-refractivity contribution is -0.384. The minimum atomic E-state index is -0.597. The lowest BCUT2D eigenvalue weighted by Crippen LogP contribution is -2.45. The van der Waals surface area contributed by atoms with Crippen LogP contribution >= 0.6 is 15.9 Å². The third-order valence-corrected chi connectivity index (χ3v) is 4.36. The fraction of sp³-hybridized carbons (Fsp3) is 0.300. The van der Waals surface area contributed by atoms with Crippen LogP contribution in [0.4, 0.5) is 5.69 Å². The summed E-state index contributed by atoms with van der Waals surface area (Å²) < 4.78 is 11.7. The summed E-state index contributed by atoms with van der Waals surface area (Å²) in [5, 5.41) is 10.6. The molecule has 0 heterocycles. The van der Waals surface area contributed by atoms with Crippen molar-refractivity contribution in [2.24, 2.45) is 0 Å². The quantitative estimate of drug-likeness (QED) is 0.464. The standard InChI is InChI=1S/C20H22BrN3O6/c1-20(2,3)16-10-13(21)4-9-17(16)30-12-19(26)23-22-18(25)11-29-15-7-5-14(6-8-15)24(27)28/h4-10H,11-12H2,1-3H3,(H,22,25)(H,23,26). The van der Waals surface area contributed by atoms with E-state index in [1.165, 1.54) is 24.3 Å². The molecule has 0 spiro atoms. The Morgan fingerprint density at radius 2 is 1.57 bits per heavy atom. The van der Waals surface area contributed by atoms with E-state index in [0.29, 0.717) is 5.75 Å². The van der Waals surface area contributed by atoms with Crippen molar-refractivity contribution in [3.05, 3.63) is 62.6 Å². The van der Waals surface area contributed by atoms with Crippen LogP contribution in [0.3, 0.4) is 0 Å². The van der Waals surface area contributed by atoms with Gasteiger partial charge < -0.3 is 9.47 Å². The SMILES string of the molecule is CC(C)(C)c1cc(Br)ccc1OCC(=O)NNC(=O)COc1ccc([N+](=O)[O-])cc1. The number of hydrazine groups is 1. The van der Waals surface area contributed by atoms with Crippen LogP contribution in [0.2, 0.25) is 0 Å². The van der Waals surface area contributed by atoms with Gasteiger partial charge in [0.1, 0.15) is 11.5 Å². The monoisotopic (exact) mass is 479 g/mol. The molecule has 0 aliphatic carbocycles. The maximum atomic E-state index is 12.0. The Hall–Kier alpha value is -3.14. The number of hydrogen-bond acceptors (Lipinski definition) is 6. The van der Waals surface area contributed by atoms with Gasteiger partial charge in [-0.05, 0) is 35.7 Å². The van der Waals surface area contributed by atoms with E-state index in [2.05, 4.69) is 26.8 Å². The summed E-state index contributed by atoms with van der Waals surface area (Å²) in [4.78, 5) is 33.8. The fourth-order valence-electron chi connectivity index (χ4n) is 2.38. The highest BCUT2D eigenvalue weighted by Gasteiger charge is 2.20. The molecule has 0 radical (unpaired) electrons. The number of non-ortho nitro benzene ring substituents is 1. The van der Waals surface area contributed by atoms with Gasteiger partial charge in [-0.3, -0.25) is 30.6 Å². The highest BCUT2D eigenvalue weighted by Crippen LogP contribution is 2.33. The molecule has 0 aromatic heterocycles. The minimum Gasteiger partial charge on any atom is -0.484 e. The molecule has 0 aliphatic rings. The first kappa shape index (κ1) is 23.1. The van der Waals surface area contributed by atoms with E-state index in [-0.39, 0.29) is 30.1 Å². The molecule has 2 rings (SSSR count). The first-order valence-corrected chi connectivity index (χ1v) is 9.73. The summed E-state index contributed by atoms with van der Waals surface area (Å²) in [5.74, 6) is -0.272. The average molecular weight is 480 g/mol. The van der Waals surface area contributed by atoms with E-state index in [4.69, 9.17) is 9.47 Å². The minimum absolute atomic E-state index is 0.0838. The highest BCUT2D eigenvalue weighted by atomic mass is 79.9. The largest absolute Gasteiger partial charge is 0.484 e. The Labute approximate surface area is 182 Å². The van der Waals surface area contributed by atoms with E-state index < -0.39 is 16.7 Å². The number of amides is 2. The third-order valence-electron chi connectivity index (χ3n) is 3.87. The van der Waals surface area contributed by atoms with Gasteiger partial charge in [-0.25, -0.2) is 0 Å². The number of carbonyl (C=O) groups excluding carboxylic acids is 2. The first-order valence-electron chi connectivity index (χ1n) is 8.94. The maximum absolute atomic E-state index is 12.0. The smallest absolute Gasteiger partial charge is 0.276 e. The Morgan fingerprint density at radius 3 is 2.10 bits per heavy atom. The van der Waals surface area contributed by atoms with Crippen LogP contribution in [0.15, 0.2) is 46.9 Å². The highest BCUT2D eigenvalue weighted by molar-refractivity contribution is 9.10. The number of nitro groups is 1. The summed E-state index contributed by atoms with van der Waals surface area (Å²) in [6.07, 6.45) is 0. The van der Waals surface area contributed by atoms with Crippen molar-refractivity contribution in [3.8, 4) is 11.5 Å². The second kappa shape index (κ2) is 10.1. The summed E-state index contributed by atoms with van der Waals surface area (Å²) in [6.45, 7) is 5.45. The molecular weight excluding hydrogens is 458 g/mol. The van der Waals surface area contributed by atoms with Crippen molar-refractivity contribution >= 4 is 33.4 Å². The van der Waals surface area contributed by atoms with Gasteiger partial charge in [-0.1, -0.05) is 36.7 Å². The molecule has 2 aromatic rings.